The number of rotatable bonds is 2. The first-order valence-electron chi connectivity index (χ1n) is 8.42. The van der Waals surface area contributed by atoms with Crippen LogP contribution in [-0.4, -0.2) is 24.0 Å². The Labute approximate surface area is 132 Å². The van der Waals surface area contributed by atoms with E-state index in [1.807, 2.05) is 26.0 Å². The zero-order chi connectivity index (χ0) is 15.7. The van der Waals surface area contributed by atoms with Crippen molar-refractivity contribution < 1.29 is 4.79 Å². The molecule has 2 aliphatic rings. The number of aryl methyl sites for hydroxylation is 2. The number of hydrogen-bond acceptors (Lipinski definition) is 3. The van der Waals surface area contributed by atoms with Crippen molar-refractivity contribution in [1.29, 1.82) is 0 Å². The third-order valence-corrected chi connectivity index (χ3v) is 5.39. The number of nitrogen functional groups attached to an aromatic ring is 1. The van der Waals surface area contributed by atoms with Crippen LogP contribution in [0, 0.1) is 13.8 Å². The van der Waals surface area contributed by atoms with E-state index in [2.05, 4.69) is 10.6 Å². The van der Waals surface area contributed by atoms with Crippen LogP contribution in [0.4, 0.5) is 5.69 Å². The van der Waals surface area contributed by atoms with E-state index in [1.54, 1.807) is 0 Å². The topological polar surface area (TPSA) is 67.2 Å². The van der Waals surface area contributed by atoms with Crippen molar-refractivity contribution in [2.45, 2.75) is 64.0 Å². The maximum Gasteiger partial charge on any atom is 0.253 e. The van der Waals surface area contributed by atoms with E-state index in [1.165, 1.54) is 25.7 Å². The average Bonchev–Trinajstić information content (AvgIpc) is 2.94. The normalized spacial score (nSPS) is 28.0. The van der Waals surface area contributed by atoms with Gasteiger partial charge in [-0.3, -0.25) is 4.79 Å². The van der Waals surface area contributed by atoms with Gasteiger partial charge in [0, 0.05) is 17.3 Å². The molecule has 1 aliphatic heterocycles. The first kappa shape index (κ1) is 15.3. The molecule has 120 valence electrons. The lowest BCUT2D eigenvalue weighted by Crippen LogP contribution is -2.48. The number of hydrogen-bond donors (Lipinski definition) is 3. The first-order valence-corrected chi connectivity index (χ1v) is 8.42. The molecule has 4 N–H and O–H groups in total. The third-order valence-electron chi connectivity index (χ3n) is 5.39. The van der Waals surface area contributed by atoms with Crippen LogP contribution in [-0.2, 0) is 0 Å². The van der Waals surface area contributed by atoms with Gasteiger partial charge in [-0.15, -0.1) is 0 Å². The highest BCUT2D eigenvalue weighted by Gasteiger charge is 2.37. The minimum Gasteiger partial charge on any atom is -0.398 e. The van der Waals surface area contributed by atoms with Gasteiger partial charge < -0.3 is 16.4 Å². The maximum atomic E-state index is 12.5. The second-order valence-corrected chi connectivity index (χ2v) is 7.10. The van der Waals surface area contributed by atoms with Crippen LogP contribution in [0.5, 0.6) is 0 Å². The number of amides is 1. The Bertz CT molecular complexity index is 566. The van der Waals surface area contributed by atoms with Crippen molar-refractivity contribution in [3.63, 3.8) is 0 Å². The molecule has 1 aromatic carbocycles. The summed E-state index contributed by atoms with van der Waals surface area (Å²) in [6, 6.07) is 4.18. The van der Waals surface area contributed by atoms with Gasteiger partial charge in [0.05, 0.1) is 5.56 Å². The lowest BCUT2D eigenvalue weighted by atomic mass is 9.78. The van der Waals surface area contributed by atoms with Crippen molar-refractivity contribution in [2.75, 3.05) is 12.3 Å². The number of carbonyl (C=O) groups excluding carboxylic acids is 1. The van der Waals surface area contributed by atoms with Gasteiger partial charge in [-0.1, -0.05) is 6.07 Å². The molecule has 4 nitrogen and oxygen atoms in total. The molecule has 0 atom stereocenters. The Morgan fingerprint density at radius 2 is 2.00 bits per heavy atom. The lowest BCUT2D eigenvalue weighted by Gasteiger charge is -2.37. The van der Waals surface area contributed by atoms with Crippen LogP contribution in [0.3, 0.4) is 0 Å². The minimum absolute atomic E-state index is 0.0235. The van der Waals surface area contributed by atoms with Crippen molar-refractivity contribution >= 4 is 11.6 Å². The monoisotopic (exact) mass is 301 g/mol. The third kappa shape index (κ3) is 2.98. The van der Waals surface area contributed by atoms with Crippen molar-refractivity contribution in [3.8, 4) is 0 Å². The molecule has 1 amide bonds. The molecule has 1 aliphatic carbocycles. The Morgan fingerprint density at radius 3 is 2.64 bits per heavy atom. The number of anilines is 1. The van der Waals surface area contributed by atoms with Gasteiger partial charge >= 0.3 is 0 Å². The molecule has 3 rings (SSSR count). The molecular weight excluding hydrogens is 274 g/mol. The summed E-state index contributed by atoms with van der Waals surface area (Å²) in [5.41, 5.74) is 9.72. The summed E-state index contributed by atoms with van der Waals surface area (Å²) in [4.78, 5) is 12.5. The lowest BCUT2D eigenvalue weighted by molar-refractivity contribution is 0.0915. The zero-order valence-corrected chi connectivity index (χ0v) is 13.7. The predicted molar refractivity (Wildman–Crippen MR) is 90.0 cm³/mol. The van der Waals surface area contributed by atoms with Gasteiger partial charge in [0.1, 0.15) is 0 Å². The van der Waals surface area contributed by atoms with Crippen LogP contribution in [0.15, 0.2) is 12.1 Å². The molecule has 4 heteroatoms. The van der Waals surface area contributed by atoms with E-state index in [0.29, 0.717) is 16.8 Å². The van der Waals surface area contributed by atoms with Crippen LogP contribution < -0.4 is 16.4 Å². The Morgan fingerprint density at radius 1 is 1.27 bits per heavy atom. The Balaban J connectivity index is 1.63. The fraction of sp³-hybridized carbons (Fsp3) is 0.611. The maximum absolute atomic E-state index is 12.5. The zero-order valence-electron chi connectivity index (χ0n) is 13.7. The molecule has 0 radical (unpaired) electrons. The van der Waals surface area contributed by atoms with Crippen LogP contribution in [0.2, 0.25) is 0 Å². The Hall–Kier alpha value is -1.55. The highest BCUT2D eigenvalue weighted by atomic mass is 16.1. The summed E-state index contributed by atoms with van der Waals surface area (Å²) in [7, 11) is 0. The van der Waals surface area contributed by atoms with E-state index < -0.39 is 0 Å². The van der Waals surface area contributed by atoms with Crippen LogP contribution >= 0.6 is 0 Å². The SMILES string of the molecule is Cc1cc(C)c(N)c(C(=O)NC2CCC3(CCCN3)CC2)c1. The van der Waals surface area contributed by atoms with Gasteiger partial charge in [-0.25, -0.2) is 0 Å². The fourth-order valence-electron chi connectivity index (χ4n) is 4.04. The van der Waals surface area contributed by atoms with Crippen molar-refractivity contribution in [1.82, 2.24) is 10.6 Å². The average molecular weight is 301 g/mol. The number of carbonyl (C=O) groups is 1. The van der Waals surface area contributed by atoms with Gasteiger partial charge in [-0.05, 0) is 76.1 Å². The highest BCUT2D eigenvalue weighted by Crippen LogP contribution is 2.35. The summed E-state index contributed by atoms with van der Waals surface area (Å²) in [6.07, 6.45) is 7.03. The van der Waals surface area contributed by atoms with E-state index >= 15 is 0 Å². The van der Waals surface area contributed by atoms with Gasteiger partial charge in [0.2, 0.25) is 0 Å². The molecule has 1 saturated heterocycles. The second-order valence-electron chi connectivity index (χ2n) is 7.10. The summed E-state index contributed by atoms with van der Waals surface area (Å²) in [5.74, 6) is -0.0235. The number of nitrogens with two attached hydrogens (primary N) is 1. The van der Waals surface area contributed by atoms with Gasteiger partial charge in [0.15, 0.2) is 0 Å². The number of nitrogens with one attached hydrogen (secondary N) is 2. The predicted octanol–water partition coefficient (Wildman–Crippen LogP) is 2.68. The first-order chi connectivity index (χ1) is 10.5. The van der Waals surface area contributed by atoms with Crippen molar-refractivity contribution in [2.24, 2.45) is 0 Å². The molecule has 2 fully saturated rings. The molecule has 1 saturated carbocycles. The van der Waals surface area contributed by atoms with E-state index in [4.69, 9.17) is 5.73 Å². The summed E-state index contributed by atoms with van der Waals surface area (Å²) < 4.78 is 0. The van der Waals surface area contributed by atoms with Crippen LogP contribution in [0.25, 0.3) is 0 Å². The summed E-state index contributed by atoms with van der Waals surface area (Å²) in [5, 5.41) is 6.86. The Kier molecular flexibility index (Phi) is 4.13. The highest BCUT2D eigenvalue weighted by molar-refractivity contribution is 6.00. The van der Waals surface area contributed by atoms with E-state index in [9.17, 15) is 4.79 Å². The second kappa shape index (κ2) is 5.92. The van der Waals surface area contributed by atoms with Gasteiger partial charge in [-0.2, -0.15) is 0 Å². The molecule has 0 aromatic heterocycles. The summed E-state index contributed by atoms with van der Waals surface area (Å²) >= 11 is 0. The van der Waals surface area contributed by atoms with Crippen LogP contribution in [0.1, 0.15) is 60.0 Å². The minimum atomic E-state index is -0.0235. The smallest absolute Gasteiger partial charge is 0.253 e. The molecule has 0 bridgehead atoms. The fourth-order valence-corrected chi connectivity index (χ4v) is 4.04. The molecule has 1 spiro atoms. The van der Waals surface area contributed by atoms with Crippen molar-refractivity contribution in [3.05, 3.63) is 28.8 Å². The van der Waals surface area contributed by atoms with E-state index in [0.717, 1.165) is 30.5 Å². The number of benzene rings is 1. The molecule has 0 unspecified atom stereocenters. The molecule has 1 aromatic rings. The molecular formula is C18H27N3O. The summed E-state index contributed by atoms with van der Waals surface area (Å²) in [6.45, 7) is 5.10. The quantitative estimate of drug-likeness (QED) is 0.736. The van der Waals surface area contributed by atoms with E-state index in [-0.39, 0.29) is 11.9 Å². The van der Waals surface area contributed by atoms with Gasteiger partial charge in [0.25, 0.3) is 5.91 Å². The molecule has 22 heavy (non-hydrogen) atoms. The molecule has 1 heterocycles. The standard InChI is InChI=1S/C18H27N3O/c1-12-10-13(2)16(19)15(11-12)17(22)21-14-4-7-18(8-5-14)6-3-9-20-18/h10-11,14,20H,3-9,19H2,1-2H3,(H,21,22). The largest absolute Gasteiger partial charge is 0.398 e.